The number of methoxy groups -OCH3 is 3. The van der Waals surface area contributed by atoms with Crippen molar-refractivity contribution in [3.05, 3.63) is 89.5 Å². The fraction of sp³-hybridized carbons (Fsp3) is 0.300. The maximum absolute atomic E-state index is 12.9. The maximum atomic E-state index is 12.9. The lowest BCUT2D eigenvalue weighted by atomic mass is 9.85. The third-order valence-corrected chi connectivity index (χ3v) is 6.12. The van der Waals surface area contributed by atoms with Crippen LogP contribution in [0.3, 0.4) is 0 Å². The van der Waals surface area contributed by atoms with Gasteiger partial charge in [0.05, 0.1) is 32.5 Å². The van der Waals surface area contributed by atoms with E-state index >= 15 is 0 Å². The largest absolute Gasteiger partial charge is 0.497 e. The first-order valence-electron chi connectivity index (χ1n) is 12.1. The van der Waals surface area contributed by atoms with Crippen molar-refractivity contribution in [3.8, 4) is 17.2 Å². The lowest BCUT2D eigenvalue weighted by Crippen LogP contribution is -2.32. The second kappa shape index (κ2) is 13.3. The van der Waals surface area contributed by atoms with Crippen LogP contribution in [0.15, 0.2) is 72.8 Å². The zero-order chi connectivity index (χ0) is 27.5. The first kappa shape index (κ1) is 28.2. The Morgan fingerprint density at radius 3 is 1.26 bits per heavy atom. The van der Waals surface area contributed by atoms with Gasteiger partial charge in [0, 0.05) is 17.4 Å². The van der Waals surface area contributed by atoms with E-state index in [2.05, 4.69) is 0 Å². The average Bonchev–Trinajstić information content (AvgIpc) is 2.97. The summed E-state index contributed by atoms with van der Waals surface area (Å²) in [6, 6.07) is 19.9. The number of carbonyl (C=O) groups is 3. The summed E-state index contributed by atoms with van der Waals surface area (Å²) in [7, 11) is 4.64. The van der Waals surface area contributed by atoms with Crippen molar-refractivity contribution >= 4 is 17.7 Å². The highest BCUT2D eigenvalue weighted by Crippen LogP contribution is 2.27. The molecule has 0 fully saturated rings. The van der Waals surface area contributed by atoms with Gasteiger partial charge in [-0.15, -0.1) is 0 Å². The van der Waals surface area contributed by atoms with Gasteiger partial charge in [-0.1, -0.05) is 6.92 Å². The Balaban J connectivity index is 1.68. The highest BCUT2D eigenvalue weighted by molar-refractivity contribution is 5.96. The van der Waals surface area contributed by atoms with Gasteiger partial charge >= 0.3 is 11.9 Å². The molecular weight excluding hydrogens is 488 g/mol. The summed E-state index contributed by atoms with van der Waals surface area (Å²) < 4.78 is 26.6. The second-order valence-electron chi connectivity index (χ2n) is 9.07. The van der Waals surface area contributed by atoms with Crippen LogP contribution in [-0.4, -0.2) is 52.3 Å². The number of carbonyl (C=O) groups excluding carboxylic acids is 3. The summed E-state index contributed by atoms with van der Waals surface area (Å²) in [5, 5.41) is 0. The fourth-order valence-electron chi connectivity index (χ4n) is 3.62. The number of hydrogen-bond acceptors (Lipinski definition) is 8. The molecule has 0 unspecified atom stereocenters. The van der Waals surface area contributed by atoms with Crippen molar-refractivity contribution in [3.63, 3.8) is 0 Å². The molecule has 0 spiro atoms. The standard InChI is InChI=1S/C30H32O8/c1-30(18-17-27(31)21-5-11-24(34-2)12-6-21,19-37-28(32)22-7-13-25(35-3)14-8-22)20-38-29(33)23-9-15-26(36-4)16-10-23/h5-16H,17-20H2,1-4H3. The summed E-state index contributed by atoms with van der Waals surface area (Å²) in [5.41, 5.74) is 0.445. The monoisotopic (exact) mass is 520 g/mol. The molecular formula is C30H32O8. The zero-order valence-corrected chi connectivity index (χ0v) is 22.0. The highest BCUT2D eigenvalue weighted by Gasteiger charge is 2.30. The summed E-state index contributed by atoms with van der Waals surface area (Å²) in [6.07, 6.45) is 0.493. The number of ketones is 1. The number of esters is 2. The van der Waals surface area contributed by atoms with Crippen molar-refractivity contribution in [2.24, 2.45) is 5.41 Å². The summed E-state index contributed by atoms with van der Waals surface area (Å²) in [4.78, 5) is 38.2. The lowest BCUT2D eigenvalue weighted by Gasteiger charge is -2.28. The number of Topliss-reactive ketones (excluding diaryl/α,β-unsaturated/α-hetero) is 1. The molecule has 8 heteroatoms. The first-order chi connectivity index (χ1) is 18.3. The smallest absolute Gasteiger partial charge is 0.338 e. The van der Waals surface area contributed by atoms with Crippen molar-refractivity contribution in [2.45, 2.75) is 19.8 Å². The van der Waals surface area contributed by atoms with Crippen molar-refractivity contribution < 1.29 is 38.1 Å². The van der Waals surface area contributed by atoms with Gasteiger partial charge in [0.2, 0.25) is 0 Å². The minimum absolute atomic E-state index is 0.0519. The van der Waals surface area contributed by atoms with Crippen LogP contribution >= 0.6 is 0 Å². The molecule has 0 atom stereocenters. The number of hydrogen-bond donors (Lipinski definition) is 0. The molecule has 0 aromatic heterocycles. The highest BCUT2D eigenvalue weighted by atomic mass is 16.5. The molecule has 8 nitrogen and oxygen atoms in total. The van der Waals surface area contributed by atoms with E-state index < -0.39 is 17.4 Å². The van der Waals surface area contributed by atoms with Crippen LogP contribution in [-0.2, 0) is 9.47 Å². The lowest BCUT2D eigenvalue weighted by molar-refractivity contribution is -0.00228. The Morgan fingerprint density at radius 2 is 0.921 bits per heavy atom. The van der Waals surface area contributed by atoms with E-state index in [1.54, 1.807) is 94.1 Å². The Morgan fingerprint density at radius 1 is 0.579 bits per heavy atom. The van der Waals surface area contributed by atoms with Crippen LogP contribution in [0.4, 0.5) is 0 Å². The van der Waals surface area contributed by atoms with Gasteiger partial charge in [0.15, 0.2) is 5.78 Å². The van der Waals surface area contributed by atoms with Crippen LogP contribution in [0.25, 0.3) is 0 Å². The molecule has 0 radical (unpaired) electrons. The fourth-order valence-corrected chi connectivity index (χ4v) is 3.62. The van der Waals surface area contributed by atoms with Gasteiger partial charge in [-0.05, 0) is 79.2 Å². The van der Waals surface area contributed by atoms with Crippen molar-refractivity contribution in [1.82, 2.24) is 0 Å². The van der Waals surface area contributed by atoms with E-state index in [9.17, 15) is 14.4 Å². The van der Waals surface area contributed by atoms with E-state index in [1.165, 1.54) is 0 Å². The van der Waals surface area contributed by atoms with Crippen LogP contribution in [0, 0.1) is 5.41 Å². The van der Waals surface area contributed by atoms with Gasteiger partial charge in [0.25, 0.3) is 0 Å². The topological polar surface area (TPSA) is 97.4 Å². The normalized spacial score (nSPS) is 10.8. The van der Waals surface area contributed by atoms with Gasteiger partial charge in [-0.2, -0.15) is 0 Å². The van der Waals surface area contributed by atoms with Crippen LogP contribution in [0.1, 0.15) is 50.8 Å². The molecule has 3 aromatic carbocycles. The SMILES string of the molecule is COc1ccc(C(=O)CCC(C)(COC(=O)c2ccc(OC)cc2)COC(=O)c2ccc(OC)cc2)cc1. The minimum atomic E-state index is -0.813. The zero-order valence-electron chi connectivity index (χ0n) is 22.0. The van der Waals surface area contributed by atoms with Gasteiger partial charge in [0.1, 0.15) is 30.5 Å². The van der Waals surface area contributed by atoms with Crippen molar-refractivity contribution in [2.75, 3.05) is 34.5 Å². The average molecular weight is 521 g/mol. The molecule has 0 aliphatic carbocycles. The Labute approximate surface area is 222 Å². The van der Waals surface area contributed by atoms with Gasteiger partial charge in [-0.25, -0.2) is 9.59 Å². The molecule has 0 aliphatic rings. The molecule has 38 heavy (non-hydrogen) atoms. The molecule has 3 rings (SSSR count). The molecule has 0 aliphatic heterocycles. The number of rotatable bonds is 13. The Hall–Kier alpha value is -4.33. The third-order valence-electron chi connectivity index (χ3n) is 6.12. The minimum Gasteiger partial charge on any atom is -0.497 e. The van der Waals surface area contributed by atoms with E-state index in [1.807, 2.05) is 6.92 Å². The summed E-state index contributed by atoms with van der Waals surface area (Å²) >= 11 is 0. The van der Waals surface area contributed by atoms with Crippen LogP contribution in [0.2, 0.25) is 0 Å². The second-order valence-corrected chi connectivity index (χ2v) is 9.07. The predicted molar refractivity (Wildman–Crippen MR) is 141 cm³/mol. The molecule has 0 N–H and O–H groups in total. The number of ether oxygens (including phenoxy) is 5. The molecule has 0 saturated heterocycles. The predicted octanol–water partition coefficient (Wildman–Crippen LogP) is 5.40. The van der Waals surface area contributed by atoms with Crippen molar-refractivity contribution in [1.29, 1.82) is 0 Å². The Kier molecular flexibility index (Phi) is 9.87. The summed E-state index contributed by atoms with van der Waals surface area (Å²) in [5.74, 6) is 0.760. The van der Waals surface area contributed by atoms with E-state index in [0.29, 0.717) is 40.4 Å². The van der Waals surface area contributed by atoms with E-state index in [0.717, 1.165) is 0 Å². The molecule has 0 amide bonds. The molecule has 0 bridgehead atoms. The van der Waals surface area contributed by atoms with E-state index in [4.69, 9.17) is 23.7 Å². The Bertz CT molecular complexity index is 1060. The van der Waals surface area contributed by atoms with Gasteiger partial charge < -0.3 is 23.7 Å². The maximum Gasteiger partial charge on any atom is 0.338 e. The van der Waals surface area contributed by atoms with Gasteiger partial charge in [-0.3, -0.25) is 4.79 Å². The molecule has 0 heterocycles. The molecule has 0 saturated carbocycles. The number of benzene rings is 3. The van der Waals surface area contributed by atoms with E-state index in [-0.39, 0.29) is 25.4 Å². The quantitative estimate of drug-likeness (QED) is 0.218. The summed E-state index contributed by atoms with van der Waals surface area (Å²) in [6.45, 7) is 1.71. The first-order valence-corrected chi connectivity index (χ1v) is 12.1. The van der Waals surface area contributed by atoms with Crippen LogP contribution < -0.4 is 14.2 Å². The van der Waals surface area contributed by atoms with Crippen LogP contribution in [0.5, 0.6) is 17.2 Å². The molecule has 3 aromatic rings. The third kappa shape index (κ3) is 7.83. The molecule has 200 valence electrons.